The number of nitrogens with zero attached hydrogens (tertiary/aromatic N) is 2. The Kier molecular flexibility index (Phi) is 5.76. The Morgan fingerprint density at radius 3 is 2.33 bits per heavy atom. The molecule has 0 spiro atoms. The molecule has 4 heteroatoms. The number of likely N-dealkylation sites (N-methyl/N-ethyl adjacent to an activating group) is 2. The largest absolute Gasteiger partial charge is 0.315 e. The lowest BCUT2D eigenvalue weighted by Crippen LogP contribution is -2.58. The van der Waals surface area contributed by atoms with E-state index in [4.69, 9.17) is 0 Å². The molecule has 0 saturated heterocycles. The summed E-state index contributed by atoms with van der Waals surface area (Å²) in [5.41, 5.74) is 1.41. The summed E-state index contributed by atoms with van der Waals surface area (Å²) < 4.78 is 0. The first kappa shape index (κ1) is 15.6. The fourth-order valence-electron chi connectivity index (χ4n) is 2.96. The molecular weight excluding hydrogens is 242 g/mol. The molecule has 1 heterocycles. The number of hydrogen-bond donors (Lipinski definition) is 1. The first-order valence-electron chi connectivity index (χ1n) is 6.75. The second kappa shape index (κ2) is 6.64. The third kappa shape index (κ3) is 3.11. The molecule has 0 aromatic carbocycles. The molecule has 0 aliphatic heterocycles. The summed E-state index contributed by atoms with van der Waals surface area (Å²) in [6.45, 7) is 6.63. The van der Waals surface area contributed by atoms with Crippen molar-refractivity contribution < 1.29 is 0 Å². The van der Waals surface area contributed by atoms with Gasteiger partial charge in [0, 0.05) is 23.4 Å². The highest BCUT2D eigenvalue weighted by atomic mass is 32.1. The molecule has 1 aromatic heterocycles. The zero-order valence-electron chi connectivity index (χ0n) is 12.6. The molecule has 0 fully saturated rings. The van der Waals surface area contributed by atoms with Crippen molar-refractivity contribution in [3.63, 3.8) is 0 Å². The van der Waals surface area contributed by atoms with Crippen molar-refractivity contribution in [2.75, 3.05) is 21.1 Å². The lowest BCUT2D eigenvalue weighted by Gasteiger charge is -2.45. The highest BCUT2D eigenvalue weighted by molar-refractivity contribution is 7.09. The smallest absolute Gasteiger partial charge is 0.0897 e. The number of hydrogen-bond acceptors (Lipinski definition) is 4. The van der Waals surface area contributed by atoms with Gasteiger partial charge in [0.2, 0.25) is 0 Å². The van der Waals surface area contributed by atoms with Crippen LogP contribution in [0.25, 0.3) is 0 Å². The summed E-state index contributed by atoms with van der Waals surface area (Å²) >= 11 is 1.74. The van der Waals surface area contributed by atoms with Crippen LogP contribution in [0.1, 0.15) is 37.4 Å². The fourth-order valence-corrected chi connectivity index (χ4v) is 3.58. The average molecular weight is 269 g/mol. The topological polar surface area (TPSA) is 28.2 Å². The molecule has 0 saturated carbocycles. The summed E-state index contributed by atoms with van der Waals surface area (Å²) in [7, 11) is 6.43. The third-order valence-electron chi connectivity index (χ3n) is 4.19. The molecular formula is C14H27N3S. The Balaban J connectivity index is 2.92. The highest BCUT2D eigenvalue weighted by Gasteiger charge is 2.37. The molecule has 3 nitrogen and oxygen atoms in total. The summed E-state index contributed by atoms with van der Waals surface area (Å²) in [5.74, 6) is 0. The third-order valence-corrected chi connectivity index (χ3v) is 5.01. The van der Waals surface area contributed by atoms with Gasteiger partial charge in [-0.1, -0.05) is 13.8 Å². The molecule has 0 amide bonds. The van der Waals surface area contributed by atoms with E-state index in [-0.39, 0.29) is 5.54 Å². The van der Waals surface area contributed by atoms with Crippen molar-refractivity contribution in [3.05, 3.63) is 16.1 Å². The van der Waals surface area contributed by atoms with Crippen molar-refractivity contribution in [1.29, 1.82) is 0 Å². The molecule has 18 heavy (non-hydrogen) atoms. The van der Waals surface area contributed by atoms with Crippen molar-refractivity contribution in [1.82, 2.24) is 15.2 Å². The normalized spacial score (nSPS) is 14.2. The maximum atomic E-state index is 4.60. The quantitative estimate of drug-likeness (QED) is 0.825. The summed E-state index contributed by atoms with van der Waals surface area (Å²) in [4.78, 5) is 6.97. The standard InChI is InChI=1S/C14H27N3S/c1-7-14(8-2,17(5)6)13(15-4)9-12-10-18-11(3)16-12/h10,13,15H,7-9H2,1-6H3. The van der Waals surface area contributed by atoms with Crippen LogP contribution in [0.5, 0.6) is 0 Å². The van der Waals surface area contributed by atoms with E-state index in [2.05, 4.69) is 62.5 Å². The molecule has 0 aliphatic carbocycles. The van der Waals surface area contributed by atoms with Crippen LogP contribution in [0.2, 0.25) is 0 Å². The van der Waals surface area contributed by atoms with Gasteiger partial charge in [0.25, 0.3) is 0 Å². The van der Waals surface area contributed by atoms with Gasteiger partial charge < -0.3 is 10.2 Å². The van der Waals surface area contributed by atoms with E-state index in [1.54, 1.807) is 11.3 Å². The second-order valence-electron chi connectivity index (χ2n) is 5.11. The number of aromatic nitrogens is 1. The summed E-state index contributed by atoms with van der Waals surface area (Å²) in [5, 5.41) is 6.85. The molecule has 1 aromatic rings. The van der Waals surface area contributed by atoms with Crippen LogP contribution in [0.15, 0.2) is 5.38 Å². The Labute approximate surface area is 116 Å². The van der Waals surface area contributed by atoms with E-state index in [0.29, 0.717) is 6.04 Å². The highest BCUT2D eigenvalue weighted by Crippen LogP contribution is 2.28. The molecule has 104 valence electrons. The van der Waals surface area contributed by atoms with Gasteiger partial charge in [0.1, 0.15) is 0 Å². The summed E-state index contributed by atoms with van der Waals surface area (Å²) in [6, 6.07) is 0.434. The molecule has 0 radical (unpaired) electrons. The van der Waals surface area contributed by atoms with Crippen molar-refractivity contribution >= 4 is 11.3 Å². The molecule has 1 atom stereocenters. The van der Waals surface area contributed by atoms with Gasteiger partial charge in [-0.15, -0.1) is 11.3 Å². The predicted molar refractivity (Wildman–Crippen MR) is 80.4 cm³/mol. The Morgan fingerprint density at radius 1 is 1.39 bits per heavy atom. The summed E-state index contributed by atoms with van der Waals surface area (Å²) in [6.07, 6.45) is 3.29. The molecule has 0 aliphatic rings. The van der Waals surface area contributed by atoms with E-state index < -0.39 is 0 Å². The average Bonchev–Trinajstić information content (AvgIpc) is 2.75. The number of nitrogens with one attached hydrogen (secondary N) is 1. The van der Waals surface area contributed by atoms with Gasteiger partial charge in [-0.25, -0.2) is 4.98 Å². The van der Waals surface area contributed by atoms with Crippen LogP contribution in [0, 0.1) is 6.92 Å². The Morgan fingerprint density at radius 2 is 2.00 bits per heavy atom. The van der Waals surface area contributed by atoms with Crippen molar-refractivity contribution in [2.45, 2.75) is 51.6 Å². The van der Waals surface area contributed by atoms with Crippen LogP contribution in [-0.2, 0) is 6.42 Å². The van der Waals surface area contributed by atoms with Crippen LogP contribution in [-0.4, -0.2) is 42.6 Å². The van der Waals surface area contributed by atoms with Gasteiger partial charge >= 0.3 is 0 Å². The van der Waals surface area contributed by atoms with Gasteiger partial charge in [-0.05, 0) is 40.9 Å². The van der Waals surface area contributed by atoms with Crippen LogP contribution in [0.4, 0.5) is 0 Å². The maximum absolute atomic E-state index is 4.60. The van der Waals surface area contributed by atoms with E-state index in [1.165, 1.54) is 5.69 Å². The molecule has 0 bridgehead atoms. The second-order valence-corrected chi connectivity index (χ2v) is 6.17. The van der Waals surface area contributed by atoms with Crippen molar-refractivity contribution in [3.8, 4) is 0 Å². The Hall–Kier alpha value is -0.450. The minimum absolute atomic E-state index is 0.201. The van der Waals surface area contributed by atoms with Crippen LogP contribution < -0.4 is 5.32 Å². The van der Waals surface area contributed by atoms with E-state index in [0.717, 1.165) is 24.3 Å². The monoisotopic (exact) mass is 269 g/mol. The fraction of sp³-hybridized carbons (Fsp3) is 0.786. The first-order chi connectivity index (χ1) is 8.50. The minimum Gasteiger partial charge on any atom is -0.315 e. The number of aryl methyl sites for hydroxylation is 1. The lowest BCUT2D eigenvalue weighted by molar-refractivity contribution is 0.0914. The van der Waals surface area contributed by atoms with Gasteiger partial charge in [0.15, 0.2) is 0 Å². The van der Waals surface area contributed by atoms with Gasteiger partial charge in [0.05, 0.1) is 10.7 Å². The van der Waals surface area contributed by atoms with Crippen molar-refractivity contribution in [2.24, 2.45) is 0 Å². The van der Waals surface area contributed by atoms with E-state index in [9.17, 15) is 0 Å². The molecule has 1 rings (SSSR count). The minimum atomic E-state index is 0.201. The van der Waals surface area contributed by atoms with Crippen LogP contribution >= 0.6 is 11.3 Å². The predicted octanol–water partition coefficient (Wildman–Crippen LogP) is 2.70. The Bertz CT molecular complexity index is 356. The van der Waals surface area contributed by atoms with Gasteiger partial charge in [-0.3, -0.25) is 0 Å². The maximum Gasteiger partial charge on any atom is 0.0897 e. The SMILES string of the molecule is CCC(CC)(C(Cc1csc(C)n1)NC)N(C)C. The molecule has 1 N–H and O–H groups in total. The van der Waals surface area contributed by atoms with E-state index >= 15 is 0 Å². The molecule has 1 unspecified atom stereocenters. The zero-order valence-corrected chi connectivity index (χ0v) is 13.4. The van der Waals surface area contributed by atoms with E-state index in [1.807, 2.05) is 0 Å². The first-order valence-corrected chi connectivity index (χ1v) is 7.63. The number of thiazole rings is 1. The van der Waals surface area contributed by atoms with Gasteiger partial charge in [-0.2, -0.15) is 0 Å². The van der Waals surface area contributed by atoms with Crippen LogP contribution in [0.3, 0.4) is 0 Å². The zero-order chi connectivity index (χ0) is 13.8. The number of rotatable bonds is 7. The lowest BCUT2D eigenvalue weighted by atomic mass is 9.81.